The fourth-order valence-electron chi connectivity index (χ4n) is 4.03. The van der Waals surface area contributed by atoms with Crippen LogP contribution in [0.1, 0.15) is 37.6 Å². The molecule has 0 unspecified atom stereocenters. The van der Waals surface area contributed by atoms with Gasteiger partial charge in [0, 0.05) is 23.5 Å². The Hall–Kier alpha value is -2.90. The summed E-state index contributed by atoms with van der Waals surface area (Å²) in [6, 6.07) is 4.49. The lowest BCUT2D eigenvalue weighted by atomic mass is 9.96. The average molecular weight is 403 g/mol. The van der Waals surface area contributed by atoms with E-state index in [1.807, 2.05) is 20.8 Å². The predicted molar refractivity (Wildman–Crippen MR) is 107 cm³/mol. The Morgan fingerprint density at radius 2 is 2.10 bits per heavy atom. The third-order valence-corrected chi connectivity index (χ3v) is 5.45. The molecule has 2 amide bonds. The second-order valence-corrected chi connectivity index (χ2v) is 7.45. The Bertz CT molecular complexity index is 934. The summed E-state index contributed by atoms with van der Waals surface area (Å²) in [6.07, 6.45) is 0.572. The van der Waals surface area contributed by atoms with E-state index in [-0.39, 0.29) is 24.3 Å². The molecule has 3 rings (SSSR count). The summed E-state index contributed by atoms with van der Waals surface area (Å²) in [5.74, 6) is -0.877. The van der Waals surface area contributed by atoms with Crippen LogP contribution in [0.4, 0.5) is 4.39 Å². The second-order valence-electron chi connectivity index (χ2n) is 7.45. The Morgan fingerprint density at radius 3 is 2.69 bits per heavy atom. The van der Waals surface area contributed by atoms with Gasteiger partial charge in [0.15, 0.2) is 6.17 Å². The topological polar surface area (TPSA) is 94.8 Å². The van der Waals surface area contributed by atoms with Crippen molar-refractivity contribution in [2.45, 2.75) is 45.4 Å². The number of aromatic nitrogens is 1. The van der Waals surface area contributed by atoms with Crippen LogP contribution in [0.25, 0.3) is 10.8 Å². The van der Waals surface area contributed by atoms with Crippen molar-refractivity contribution in [2.75, 3.05) is 13.7 Å². The van der Waals surface area contributed by atoms with Gasteiger partial charge in [-0.25, -0.2) is 9.37 Å². The molecule has 1 aromatic heterocycles. The third-order valence-electron chi connectivity index (χ3n) is 5.45. The van der Waals surface area contributed by atoms with E-state index in [0.717, 1.165) is 0 Å². The fraction of sp³-hybridized carbons (Fsp3) is 0.476. The number of hydrogen-bond acceptors (Lipinski definition) is 5. The van der Waals surface area contributed by atoms with E-state index in [2.05, 4.69) is 4.98 Å². The van der Waals surface area contributed by atoms with Crippen LogP contribution in [-0.4, -0.2) is 53.7 Å². The first kappa shape index (κ1) is 20.8. The molecule has 2 aromatic rings. The van der Waals surface area contributed by atoms with Gasteiger partial charge in [0.1, 0.15) is 12.4 Å². The van der Waals surface area contributed by atoms with Crippen molar-refractivity contribution in [3.05, 3.63) is 30.0 Å². The van der Waals surface area contributed by atoms with E-state index < -0.39 is 23.9 Å². The number of rotatable bonds is 7. The number of carbonyl (C=O) groups is 2. The Labute approximate surface area is 169 Å². The van der Waals surface area contributed by atoms with Crippen molar-refractivity contribution in [3.8, 4) is 11.6 Å². The highest BCUT2D eigenvalue weighted by Gasteiger charge is 2.48. The number of nitrogens with zero attached hydrogens (tertiary/aromatic N) is 2. The quantitative estimate of drug-likeness (QED) is 0.767. The number of halogens is 1. The second kappa shape index (κ2) is 8.23. The molecule has 0 aliphatic carbocycles. The Balaban J connectivity index is 1.93. The number of nitrogens with two attached hydrogens (primary N) is 1. The zero-order valence-electron chi connectivity index (χ0n) is 17.0. The molecule has 2 heterocycles. The van der Waals surface area contributed by atoms with Gasteiger partial charge < -0.3 is 20.1 Å². The first-order valence-corrected chi connectivity index (χ1v) is 9.65. The van der Waals surface area contributed by atoms with E-state index in [4.69, 9.17) is 15.2 Å². The van der Waals surface area contributed by atoms with Crippen molar-refractivity contribution >= 4 is 22.6 Å². The lowest BCUT2D eigenvalue weighted by molar-refractivity contribution is -0.134. The first-order chi connectivity index (χ1) is 13.8. The van der Waals surface area contributed by atoms with Crippen LogP contribution in [0.2, 0.25) is 0 Å². The number of hydrogen-bond donors (Lipinski definition) is 1. The normalized spacial score (nSPS) is 21.8. The summed E-state index contributed by atoms with van der Waals surface area (Å²) >= 11 is 0. The van der Waals surface area contributed by atoms with Crippen LogP contribution in [0.3, 0.4) is 0 Å². The van der Waals surface area contributed by atoms with Gasteiger partial charge in [-0.2, -0.15) is 0 Å². The zero-order valence-corrected chi connectivity index (χ0v) is 17.0. The zero-order chi connectivity index (χ0) is 21.3. The largest absolute Gasteiger partial charge is 0.496 e. The molecule has 0 saturated carbocycles. The molecular formula is C21H26FN3O4. The summed E-state index contributed by atoms with van der Waals surface area (Å²) in [7, 11) is 1.45. The third kappa shape index (κ3) is 3.71. The van der Waals surface area contributed by atoms with Gasteiger partial charge in [-0.05, 0) is 43.9 Å². The molecule has 1 aliphatic heterocycles. The van der Waals surface area contributed by atoms with Crippen LogP contribution in [0.5, 0.6) is 11.6 Å². The number of amides is 2. The highest BCUT2D eigenvalue weighted by atomic mass is 19.1. The Kier molecular flexibility index (Phi) is 5.91. The van der Waals surface area contributed by atoms with Gasteiger partial charge in [-0.3, -0.25) is 9.59 Å². The van der Waals surface area contributed by atoms with Crippen LogP contribution in [0.15, 0.2) is 24.4 Å². The number of pyridine rings is 1. The molecule has 1 saturated heterocycles. The van der Waals surface area contributed by atoms with Crippen LogP contribution in [0, 0.1) is 5.92 Å². The minimum Gasteiger partial charge on any atom is -0.496 e. The van der Waals surface area contributed by atoms with E-state index in [1.54, 1.807) is 29.3 Å². The predicted octanol–water partition coefficient (Wildman–Crippen LogP) is 2.70. The molecule has 0 radical (unpaired) electrons. The van der Waals surface area contributed by atoms with Gasteiger partial charge in [0.25, 0.3) is 11.8 Å². The minimum absolute atomic E-state index is 0.120. The van der Waals surface area contributed by atoms with Gasteiger partial charge >= 0.3 is 0 Å². The highest BCUT2D eigenvalue weighted by molar-refractivity contribution is 6.01. The minimum atomic E-state index is -1.52. The van der Waals surface area contributed by atoms with Crippen molar-refractivity contribution in [3.63, 3.8) is 0 Å². The van der Waals surface area contributed by atoms with Crippen molar-refractivity contribution < 1.29 is 23.5 Å². The molecule has 8 heteroatoms. The monoisotopic (exact) mass is 403 g/mol. The summed E-state index contributed by atoms with van der Waals surface area (Å²) in [5.41, 5.74) is 5.68. The van der Waals surface area contributed by atoms with Gasteiger partial charge in [0.2, 0.25) is 5.88 Å². The summed E-state index contributed by atoms with van der Waals surface area (Å²) in [5, 5.41) is 1.35. The lowest BCUT2D eigenvalue weighted by Crippen LogP contribution is -2.43. The van der Waals surface area contributed by atoms with E-state index in [1.165, 1.54) is 7.11 Å². The maximum absolute atomic E-state index is 14.5. The van der Waals surface area contributed by atoms with Crippen LogP contribution >= 0.6 is 0 Å². The number of ether oxygens (including phenoxy) is 2. The highest BCUT2D eigenvalue weighted by Crippen LogP contribution is 2.34. The summed E-state index contributed by atoms with van der Waals surface area (Å²) in [4.78, 5) is 29.9. The van der Waals surface area contributed by atoms with Crippen LogP contribution < -0.4 is 15.2 Å². The molecule has 3 atom stereocenters. The summed E-state index contributed by atoms with van der Waals surface area (Å²) < 4.78 is 25.8. The standard InChI is InChI=1S/C21H26FN3O4/c1-5-13-16(25(11(2)3)21(27)18(13)22)10-29-20-14-9-17(28-4)15(19(23)26)8-12(14)6-7-24-20/h6-9,11,13,16,18H,5,10H2,1-4H3,(H2,23,26)/t13-,16+,18-/m0/s1. The molecular weight excluding hydrogens is 377 g/mol. The molecule has 1 aromatic carbocycles. The SMILES string of the molecule is CC[C@@H]1[C@H](F)C(=O)N(C(C)C)[C@@H]1COc1nccc2cc(C(N)=O)c(OC)cc12. The van der Waals surface area contributed by atoms with Crippen LogP contribution in [-0.2, 0) is 4.79 Å². The maximum atomic E-state index is 14.5. The number of carbonyl (C=O) groups excluding carboxylic acids is 2. The smallest absolute Gasteiger partial charge is 0.258 e. The molecule has 29 heavy (non-hydrogen) atoms. The van der Waals surface area contributed by atoms with E-state index in [9.17, 15) is 14.0 Å². The number of methoxy groups -OCH3 is 1. The van der Waals surface area contributed by atoms with Gasteiger partial charge in [-0.15, -0.1) is 0 Å². The summed E-state index contributed by atoms with van der Waals surface area (Å²) in [6.45, 7) is 5.71. The molecule has 2 N–H and O–H groups in total. The number of benzene rings is 1. The average Bonchev–Trinajstić information content (AvgIpc) is 2.94. The van der Waals surface area contributed by atoms with Gasteiger partial charge in [0.05, 0.1) is 18.7 Å². The van der Waals surface area contributed by atoms with E-state index >= 15 is 0 Å². The maximum Gasteiger partial charge on any atom is 0.258 e. The molecule has 1 fully saturated rings. The molecule has 0 spiro atoms. The lowest BCUT2D eigenvalue weighted by Gasteiger charge is -2.30. The van der Waals surface area contributed by atoms with Crippen molar-refractivity contribution in [1.82, 2.24) is 9.88 Å². The number of fused-ring (bicyclic) bond motifs is 1. The molecule has 1 aliphatic rings. The van der Waals surface area contributed by atoms with E-state index in [0.29, 0.717) is 28.8 Å². The van der Waals surface area contributed by atoms with Crippen molar-refractivity contribution in [1.29, 1.82) is 0 Å². The fourth-order valence-corrected chi connectivity index (χ4v) is 4.03. The molecule has 7 nitrogen and oxygen atoms in total. The molecule has 156 valence electrons. The number of likely N-dealkylation sites (tertiary alicyclic amines) is 1. The first-order valence-electron chi connectivity index (χ1n) is 9.65. The van der Waals surface area contributed by atoms with Gasteiger partial charge in [-0.1, -0.05) is 6.92 Å². The Morgan fingerprint density at radius 1 is 1.38 bits per heavy atom. The number of alkyl halides is 1. The molecule has 0 bridgehead atoms. The van der Waals surface area contributed by atoms with Crippen molar-refractivity contribution in [2.24, 2.45) is 11.7 Å². The number of primary amides is 1.